The van der Waals surface area contributed by atoms with Crippen LogP contribution in [0.4, 0.5) is 10.1 Å². The van der Waals surface area contributed by atoms with Gasteiger partial charge in [0, 0.05) is 36.9 Å². The van der Waals surface area contributed by atoms with Crippen molar-refractivity contribution in [3.05, 3.63) is 66.5 Å². The number of carbonyl (C=O) groups is 1. The van der Waals surface area contributed by atoms with Gasteiger partial charge in [-0.05, 0) is 55.3 Å². The van der Waals surface area contributed by atoms with Gasteiger partial charge in [-0.15, -0.1) is 6.58 Å². The number of amides is 1. The molecule has 1 aliphatic heterocycles. The molecule has 9 heteroatoms. The molecule has 0 aromatic heterocycles. The highest BCUT2D eigenvalue weighted by atomic mass is 32.2. The van der Waals surface area contributed by atoms with Crippen LogP contribution in [0, 0.1) is 5.82 Å². The molecule has 2 N–H and O–H groups in total. The molecule has 1 saturated heterocycles. The number of nitrogens with zero attached hydrogens (tertiary/aromatic N) is 1. The Labute approximate surface area is 182 Å². The molecule has 0 bridgehead atoms. The normalized spacial score (nSPS) is 14.8. The summed E-state index contributed by atoms with van der Waals surface area (Å²) in [7, 11) is -2.45. The number of carbonyl (C=O) groups excluding carboxylic acids is 1. The molecule has 2 aromatic carbocycles. The molecule has 31 heavy (non-hydrogen) atoms. The molecule has 1 aliphatic rings. The van der Waals surface area contributed by atoms with Crippen molar-refractivity contribution in [2.75, 3.05) is 31.6 Å². The lowest BCUT2D eigenvalue weighted by atomic mass is 10.0. The minimum Gasteiger partial charge on any atom is -0.497 e. The van der Waals surface area contributed by atoms with Gasteiger partial charge in [-0.2, -0.15) is 0 Å². The van der Waals surface area contributed by atoms with Crippen LogP contribution in [0.25, 0.3) is 0 Å². The van der Waals surface area contributed by atoms with Crippen molar-refractivity contribution in [3.8, 4) is 5.75 Å². The Kier molecular flexibility index (Phi) is 7.29. The number of ether oxygens (including phenoxy) is 1. The second-order valence-electron chi connectivity index (χ2n) is 7.22. The van der Waals surface area contributed by atoms with Crippen LogP contribution in [-0.4, -0.2) is 47.1 Å². The van der Waals surface area contributed by atoms with E-state index in [4.69, 9.17) is 4.74 Å². The van der Waals surface area contributed by atoms with E-state index in [1.807, 2.05) is 24.3 Å². The first-order chi connectivity index (χ1) is 14.8. The third-order valence-corrected chi connectivity index (χ3v) is 6.61. The molecule has 2 aromatic rings. The molecule has 0 spiro atoms. The summed E-state index contributed by atoms with van der Waals surface area (Å²) in [6.45, 7) is 4.93. The first-order valence-corrected chi connectivity index (χ1v) is 11.4. The molecular formula is C22H26FN3O4S. The van der Waals surface area contributed by atoms with Gasteiger partial charge in [0.05, 0.1) is 7.11 Å². The van der Waals surface area contributed by atoms with Crippen LogP contribution in [0.2, 0.25) is 0 Å². The van der Waals surface area contributed by atoms with Gasteiger partial charge in [-0.25, -0.2) is 17.5 Å². The van der Waals surface area contributed by atoms with Crippen molar-refractivity contribution in [2.45, 2.75) is 23.8 Å². The monoisotopic (exact) mass is 447 g/mol. The summed E-state index contributed by atoms with van der Waals surface area (Å²) in [5.41, 5.74) is 1.18. The fourth-order valence-electron chi connectivity index (χ4n) is 3.44. The first-order valence-electron chi connectivity index (χ1n) is 9.94. The number of methoxy groups -OCH3 is 1. The van der Waals surface area contributed by atoms with Crippen LogP contribution in [0.5, 0.6) is 5.75 Å². The van der Waals surface area contributed by atoms with Crippen LogP contribution in [0.1, 0.15) is 23.2 Å². The third-order valence-electron chi connectivity index (χ3n) is 5.17. The van der Waals surface area contributed by atoms with Gasteiger partial charge in [0.2, 0.25) is 10.0 Å². The Morgan fingerprint density at radius 2 is 1.90 bits per heavy atom. The van der Waals surface area contributed by atoms with E-state index < -0.39 is 26.6 Å². The van der Waals surface area contributed by atoms with Crippen molar-refractivity contribution in [1.29, 1.82) is 0 Å². The summed E-state index contributed by atoms with van der Waals surface area (Å²) >= 11 is 0. The largest absolute Gasteiger partial charge is 0.497 e. The first kappa shape index (κ1) is 22.8. The Hall–Kier alpha value is -2.91. The van der Waals surface area contributed by atoms with Crippen LogP contribution < -0.4 is 19.7 Å². The molecule has 1 fully saturated rings. The molecule has 3 rings (SSSR count). The maximum atomic E-state index is 14.1. The Morgan fingerprint density at radius 3 is 2.52 bits per heavy atom. The maximum absolute atomic E-state index is 14.1. The molecule has 1 amide bonds. The molecule has 166 valence electrons. The fourth-order valence-corrected chi connectivity index (χ4v) is 4.54. The highest BCUT2D eigenvalue weighted by Crippen LogP contribution is 2.23. The highest BCUT2D eigenvalue weighted by molar-refractivity contribution is 7.89. The number of halogens is 1. The lowest BCUT2D eigenvalue weighted by Crippen LogP contribution is -2.44. The minimum absolute atomic E-state index is 0.0367. The zero-order valence-electron chi connectivity index (χ0n) is 17.3. The van der Waals surface area contributed by atoms with Gasteiger partial charge in [-0.1, -0.05) is 6.08 Å². The second-order valence-corrected chi connectivity index (χ2v) is 8.95. The van der Waals surface area contributed by atoms with Gasteiger partial charge < -0.3 is 15.0 Å². The maximum Gasteiger partial charge on any atom is 0.251 e. The van der Waals surface area contributed by atoms with Gasteiger partial charge in [-0.3, -0.25) is 4.79 Å². The number of rotatable bonds is 8. The number of benzene rings is 2. The number of hydrogen-bond acceptors (Lipinski definition) is 5. The Bertz CT molecular complexity index is 1030. The number of hydrogen-bond donors (Lipinski definition) is 2. The molecule has 1 heterocycles. The van der Waals surface area contributed by atoms with Gasteiger partial charge in [0.15, 0.2) is 0 Å². The summed E-state index contributed by atoms with van der Waals surface area (Å²) in [5, 5.41) is 2.93. The van der Waals surface area contributed by atoms with E-state index in [0.29, 0.717) is 0 Å². The van der Waals surface area contributed by atoms with E-state index in [1.165, 1.54) is 12.1 Å². The molecule has 0 atom stereocenters. The summed E-state index contributed by atoms with van der Waals surface area (Å²) in [6.07, 6.45) is 2.83. The molecule has 0 unspecified atom stereocenters. The summed E-state index contributed by atoms with van der Waals surface area (Å²) < 4.78 is 46.0. The van der Waals surface area contributed by atoms with E-state index in [-0.39, 0.29) is 18.2 Å². The topological polar surface area (TPSA) is 87.7 Å². The Balaban J connectivity index is 1.62. The standard InChI is InChI=1S/C22H26FN3O4S/c1-3-12-24-31(28,29)21-15-16(4-9-20(21)23)22(27)25-17-10-13-26(14-11-17)18-5-7-19(30-2)8-6-18/h3-9,15,17,24H,1,10-14H2,2H3,(H,25,27). The molecule has 0 aliphatic carbocycles. The van der Waals surface area contributed by atoms with Crippen LogP contribution in [-0.2, 0) is 10.0 Å². The van der Waals surface area contributed by atoms with Crippen molar-refractivity contribution in [1.82, 2.24) is 10.0 Å². The zero-order valence-corrected chi connectivity index (χ0v) is 18.1. The smallest absolute Gasteiger partial charge is 0.251 e. The van der Waals surface area contributed by atoms with Gasteiger partial charge in [0.25, 0.3) is 5.91 Å². The zero-order chi connectivity index (χ0) is 22.4. The van der Waals surface area contributed by atoms with E-state index >= 15 is 0 Å². The van der Waals surface area contributed by atoms with Gasteiger partial charge >= 0.3 is 0 Å². The van der Waals surface area contributed by atoms with Crippen molar-refractivity contribution >= 4 is 21.6 Å². The third kappa shape index (κ3) is 5.62. The van der Waals surface area contributed by atoms with Gasteiger partial charge in [0.1, 0.15) is 16.5 Å². The predicted octanol–water partition coefficient (Wildman–Crippen LogP) is 2.70. The van der Waals surface area contributed by atoms with Crippen molar-refractivity contribution in [2.24, 2.45) is 0 Å². The molecule has 0 radical (unpaired) electrons. The summed E-state index contributed by atoms with van der Waals surface area (Å²) in [6, 6.07) is 11.1. The average molecular weight is 448 g/mol. The highest BCUT2D eigenvalue weighted by Gasteiger charge is 2.24. The fraction of sp³-hybridized carbons (Fsp3) is 0.318. The van der Waals surface area contributed by atoms with Crippen molar-refractivity contribution < 1.29 is 22.3 Å². The average Bonchev–Trinajstić information content (AvgIpc) is 2.78. The minimum atomic E-state index is -4.08. The SMILES string of the molecule is C=CCNS(=O)(=O)c1cc(C(=O)NC2CCN(c3ccc(OC)cc3)CC2)ccc1F. The molecular weight excluding hydrogens is 421 g/mol. The van der Waals surface area contributed by atoms with Crippen LogP contribution in [0.3, 0.4) is 0 Å². The summed E-state index contributed by atoms with van der Waals surface area (Å²) in [4.78, 5) is 14.3. The lowest BCUT2D eigenvalue weighted by Gasteiger charge is -2.34. The number of sulfonamides is 1. The van der Waals surface area contributed by atoms with E-state index in [0.717, 1.165) is 49.5 Å². The molecule has 0 saturated carbocycles. The number of piperidine rings is 1. The van der Waals surface area contributed by atoms with Crippen molar-refractivity contribution in [3.63, 3.8) is 0 Å². The van der Waals surface area contributed by atoms with Crippen LogP contribution >= 0.6 is 0 Å². The molecule has 7 nitrogen and oxygen atoms in total. The van der Waals surface area contributed by atoms with E-state index in [1.54, 1.807) is 7.11 Å². The number of nitrogens with one attached hydrogen (secondary N) is 2. The van der Waals surface area contributed by atoms with Crippen LogP contribution in [0.15, 0.2) is 60.0 Å². The predicted molar refractivity (Wildman–Crippen MR) is 117 cm³/mol. The Morgan fingerprint density at radius 1 is 1.23 bits per heavy atom. The van der Waals surface area contributed by atoms with E-state index in [9.17, 15) is 17.6 Å². The number of anilines is 1. The summed E-state index contributed by atoms with van der Waals surface area (Å²) in [5.74, 6) is -0.546. The quantitative estimate of drug-likeness (QED) is 0.608. The van der Waals surface area contributed by atoms with E-state index in [2.05, 4.69) is 21.5 Å². The lowest BCUT2D eigenvalue weighted by molar-refractivity contribution is 0.0931. The second kappa shape index (κ2) is 9.93.